The van der Waals surface area contributed by atoms with Crippen LogP contribution in [0.5, 0.6) is 0 Å². The first-order valence-corrected chi connectivity index (χ1v) is 8.27. The van der Waals surface area contributed by atoms with Crippen LogP contribution in [0.4, 0.5) is 5.69 Å². The summed E-state index contributed by atoms with van der Waals surface area (Å²) >= 11 is 6.83. The summed E-state index contributed by atoms with van der Waals surface area (Å²) in [7, 11) is 0. The molecule has 0 aliphatic carbocycles. The van der Waals surface area contributed by atoms with Gasteiger partial charge < -0.3 is 11.1 Å². The predicted molar refractivity (Wildman–Crippen MR) is 88.7 cm³/mol. The molecule has 1 saturated heterocycles. The summed E-state index contributed by atoms with van der Waals surface area (Å²) in [4.78, 5) is 14.3. The molecule has 0 spiro atoms. The molecule has 1 fully saturated rings. The van der Waals surface area contributed by atoms with Gasteiger partial charge >= 0.3 is 0 Å². The number of carbonyl (C=O) groups excluding carboxylic acids is 1. The molecule has 6 heteroatoms. The number of amides is 1. The molecule has 1 amide bonds. The number of likely N-dealkylation sites (tertiary alicyclic amines) is 1. The van der Waals surface area contributed by atoms with Crippen molar-refractivity contribution in [3.63, 3.8) is 0 Å². The smallest absolute Gasteiger partial charge is 0.238 e. The van der Waals surface area contributed by atoms with Gasteiger partial charge in [0.2, 0.25) is 5.91 Å². The van der Waals surface area contributed by atoms with Gasteiger partial charge in [-0.1, -0.05) is 22.9 Å². The Kier molecular flexibility index (Phi) is 5.60. The quantitative estimate of drug-likeness (QED) is 0.814. The third kappa shape index (κ3) is 4.28. The Morgan fingerprint density at radius 3 is 2.90 bits per heavy atom. The average Bonchev–Trinajstić information content (AvgIpc) is 2.37. The summed E-state index contributed by atoms with van der Waals surface area (Å²) < 4.78 is 1.84. The van der Waals surface area contributed by atoms with Gasteiger partial charge in [0.05, 0.1) is 12.2 Å². The van der Waals surface area contributed by atoms with E-state index < -0.39 is 0 Å². The zero-order valence-corrected chi connectivity index (χ0v) is 14.6. The number of carbonyl (C=O) groups is 1. The number of halogens is 2. The third-order valence-corrected chi connectivity index (χ3v) is 4.78. The lowest BCUT2D eigenvalue weighted by Crippen LogP contribution is -2.48. The standard InChI is InChI=1S/C14H19Br2N3O/c1-9-7-19(5-4-12(9)17)8-14(20)18-13-3-2-10(15)6-11(13)16/h2-3,6,9,12H,4-5,7-8,17H2,1H3,(H,18,20). The number of hydrogen-bond acceptors (Lipinski definition) is 3. The van der Waals surface area contributed by atoms with Crippen LogP contribution in [0.15, 0.2) is 27.1 Å². The van der Waals surface area contributed by atoms with Crippen LogP contribution >= 0.6 is 31.9 Å². The molecule has 110 valence electrons. The van der Waals surface area contributed by atoms with E-state index in [1.165, 1.54) is 0 Å². The van der Waals surface area contributed by atoms with E-state index in [0.717, 1.165) is 34.1 Å². The van der Waals surface area contributed by atoms with E-state index in [4.69, 9.17) is 5.73 Å². The second-order valence-electron chi connectivity index (χ2n) is 5.34. The maximum absolute atomic E-state index is 12.1. The van der Waals surface area contributed by atoms with Crippen molar-refractivity contribution < 1.29 is 4.79 Å². The Balaban J connectivity index is 1.89. The number of hydrogen-bond donors (Lipinski definition) is 2. The summed E-state index contributed by atoms with van der Waals surface area (Å²) in [6.07, 6.45) is 0.955. The first-order valence-electron chi connectivity index (χ1n) is 6.68. The van der Waals surface area contributed by atoms with Gasteiger partial charge in [0.15, 0.2) is 0 Å². The molecule has 2 atom stereocenters. The first kappa shape index (κ1) is 15.9. The van der Waals surface area contributed by atoms with Crippen LogP contribution < -0.4 is 11.1 Å². The van der Waals surface area contributed by atoms with E-state index >= 15 is 0 Å². The molecule has 20 heavy (non-hydrogen) atoms. The Morgan fingerprint density at radius 1 is 1.50 bits per heavy atom. The second-order valence-corrected chi connectivity index (χ2v) is 7.11. The van der Waals surface area contributed by atoms with E-state index in [1.807, 2.05) is 18.2 Å². The van der Waals surface area contributed by atoms with Crippen LogP contribution in [0.3, 0.4) is 0 Å². The highest BCUT2D eigenvalue weighted by Crippen LogP contribution is 2.26. The Morgan fingerprint density at radius 2 is 2.25 bits per heavy atom. The Hall–Kier alpha value is -0.430. The predicted octanol–water partition coefficient (Wildman–Crippen LogP) is 2.82. The summed E-state index contributed by atoms with van der Waals surface area (Å²) in [5.74, 6) is 0.451. The SMILES string of the molecule is CC1CN(CC(=O)Nc2ccc(Br)cc2Br)CCC1N. The molecule has 2 rings (SSSR count). The number of nitrogens with zero attached hydrogens (tertiary/aromatic N) is 1. The highest BCUT2D eigenvalue weighted by Gasteiger charge is 2.24. The van der Waals surface area contributed by atoms with Gasteiger partial charge in [0.25, 0.3) is 0 Å². The van der Waals surface area contributed by atoms with Gasteiger partial charge in [-0.25, -0.2) is 0 Å². The number of benzene rings is 1. The molecular weight excluding hydrogens is 386 g/mol. The minimum absolute atomic E-state index is 0.00990. The van der Waals surface area contributed by atoms with Crippen LogP contribution in [0.25, 0.3) is 0 Å². The molecule has 1 aromatic carbocycles. The van der Waals surface area contributed by atoms with Gasteiger partial charge in [0, 0.05) is 28.1 Å². The molecule has 1 heterocycles. The lowest BCUT2D eigenvalue weighted by molar-refractivity contribution is -0.117. The molecule has 0 aromatic heterocycles. The normalized spacial score (nSPS) is 23.6. The fraction of sp³-hybridized carbons (Fsp3) is 0.500. The molecule has 1 aromatic rings. The lowest BCUT2D eigenvalue weighted by atomic mass is 9.95. The molecule has 4 nitrogen and oxygen atoms in total. The van der Waals surface area contributed by atoms with Crippen molar-refractivity contribution in [3.8, 4) is 0 Å². The lowest BCUT2D eigenvalue weighted by Gasteiger charge is -2.34. The van der Waals surface area contributed by atoms with Crippen molar-refractivity contribution in [1.82, 2.24) is 4.90 Å². The van der Waals surface area contributed by atoms with Crippen LogP contribution in [-0.4, -0.2) is 36.5 Å². The van der Waals surface area contributed by atoms with Crippen LogP contribution in [0.1, 0.15) is 13.3 Å². The molecule has 2 unspecified atom stereocenters. The fourth-order valence-corrected chi connectivity index (χ4v) is 3.52. The van der Waals surface area contributed by atoms with Crippen molar-refractivity contribution in [2.24, 2.45) is 11.7 Å². The van der Waals surface area contributed by atoms with E-state index in [9.17, 15) is 4.79 Å². The van der Waals surface area contributed by atoms with Crippen LogP contribution in [0, 0.1) is 5.92 Å². The minimum Gasteiger partial charge on any atom is -0.327 e. The van der Waals surface area contributed by atoms with Crippen molar-refractivity contribution in [1.29, 1.82) is 0 Å². The summed E-state index contributed by atoms with van der Waals surface area (Å²) in [5.41, 5.74) is 6.78. The third-order valence-electron chi connectivity index (χ3n) is 3.63. The second kappa shape index (κ2) is 7.02. The number of anilines is 1. The minimum atomic E-state index is 0.00990. The summed E-state index contributed by atoms with van der Waals surface area (Å²) in [6.45, 7) is 4.33. The molecule has 0 bridgehead atoms. The van der Waals surface area contributed by atoms with E-state index in [1.54, 1.807) is 0 Å². The van der Waals surface area contributed by atoms with E-state index in [-0.39, 0.29) is 11.9 Å². The highest BCUT2D eigenvalue weighted by atomic mass is 79.9. The fourth-order valence-electron chi connectivity index (χ4n) is 2.38. The van der Waals surface area contributed by atoms with Gasteiger partial charge in [-0.2, -0.15) is 0 Å². The maximum atomic E-state index is 12.1. The van der Waals surface area contributed by atoms with Crippen molar-refractivity contribution in [2.45, 2.75) is 19.4 Å². The van der Waals surface area contributed by atoms with Crippen LogP contribution in [-0.2, 0) is 4.79 Å². The monoisotopic (exact) mass is 403 g/mol. The van der Waals surface area contributed by atoms with Crippen molar-refractivity contribution in [3.05, 3.63) is 27.1 Å². The number of nitrogens with two attached hydrogens (primary N) is 1. The number of rotatable bonds is 3. The maximum Gasteiger partial charge on any atom is 0.238 e. The van der Waals surface area contributed by atoms with Gasteiger partial charge in [-0.05, 0) is 46.5 Å². The number of piperidine rings is 1. The topological polar surface area (TPSA) is 58.4 Å². The molecule has 0 saturated carbocycles. The van der Waals surface area contributed by atoms with Crippen molar-refractivity contribution >= 4 is 43.5 Å². The Labute approximate surface area is 136 Å². The van der Waals surface area contributed by atoms with Gasteiger partial charge in [-0.15, -0.1) is 0 Å². The van der Waals surface area contributed by atoms with Crippen LogP contribution in [0.2, 0.25) is 0 Å². The summed E-state index contributed by atoms with van der Waals surface area (Å²) in [5, 5.41) is 2.93. The molecule has 0 radical (unpaired) electrons. The number of nitrogens with one attached hydrogen (secondary N) is 1. The molecular formula is C14H19Br2N3O. The molecule has 3 N–H and O–H groups in total. The van der Waals surface area contributed by atoms with Gasteiger partial charge in [0.1, 0.15) is 0 Å². The average molecular weight is 405 g/mol. The largest absolute Gasteiger partial charge is 0.327 e. The van der Waals surface area contributed by atoms with Crippen molar-refractivity contribution in [2.75, 3.05) is 25.0 Å². The zero-order valence-electron chi connectivity index (χ0n) is 11.4. The van der Waals surface area contributed by atoms with E-state index in [0.29, 0.717) is 12.5 Å². The highest BCUT2D eigenvalue weighted by molar-refractivity contribution is 9.11. The van der Waals surface area contributed by atoms with E-state index in [2.05, 4.69) is 49.0 Å². The summed E-state index contributed by atoms with van der Waals surface area (Å²) in [6, 6.07) is 5.95. The Bertz CT molecular complexity index is 495. The molecule has 1 aliphatic rings. The first-order chi connectivity index (χ1) is 9.45. The zero-order chi connectivity index (χ0) is 14.7. The van der Waals surface area contributed by atoms with Gasteiger partial charge in [-0.3, -0.25) is 9.69 Å². The molecule has 1 aliphatic heterocycles.